The van der Waals surface area contributed by atoms with E-state index in [0.29, 0.717) is 23.7 Å². The maximum Gasteiger partial charge on any atom is 0.251 e. The molecule has 1 aliphatic rings. The lowest BCUT2D eigenvalue weighted by atomic mass is 10.0. The van der Waals surface area contributed by atoms with Gasteiger partial charge in [0.05, 0.1) is 18.5 Å². The standard InChI is InChI=1S/C22H25N5O2/c1-27-13-12-23-15-19(27)21-25-20(29-26-21)14-18(16-8-4-2-5-9-16)24-22(28)17-10-6-3-7-11-17/h2-11,18-19,23H,12-15H2,1H3,(H,24,28). The van der Waals surface area contributed by atoms with Gasteiger partial charge in [-0.25, -0.2) is 0 Å². The molecule has 2 aromatic carbocycles. The second-order valence-corrected chi connectivity index (χ2v) is 7.25. The number of benzene rings is 2. The summed E-state index contributed by atoms with van der Waals surface area (Å²) in [4.78, 5) is 19.6. The summed E-state index contributed by atoms with van der Waals surface area (Å²) in [6.45, 7) is 2.69. The zero-order valence-electron chi connectivity index (χ0n) is 16.4. The zero-order valence-corrected chi connectivity index (χ0v) is 16.4. The Kier molecular flexibility index (Phi) is 5.97. The Hall–Kier alpha value is -3.03. The van der Waals surface area contributed by atoms with Crippen LogP contribution in [0.4, 0.5) is 0 Å². The first-order valence-corrected chi connectivity index (χ1v) is 9.85. The third-order valence-electron chi connectivity index (χ3n) is 5.21. The topological polar surface area (TPSA) is 83.3 Å². The van der Waals surface area contributed by atoms with Crippen LogP contribution in [0, 0.1) is 0 Å². The molecule has 0 spiro atoms. The second-order valence-electron chi connectivity index (χ2n) is 7.25. The Morgan fingerprint density at radius 3 is 2.66 bits per heavy atom. The molecule has 1 saturated heterocycles. The van der Waals surface area contributed by atoms with E-state index in [2.05, 4.69) is 32.7 Å². The first-order valence-electron chi connectivity index (χ1n) is 9.85. The van der Waals surface area contributed by atoms with Gasteiger partial charge >= 0.3 is 0 Å². The molecule has 0 radical (unpaired) electrons. The Bertz CT molecular complexity index is 929. The summed E-state index contributed by atoms with van der Waals surface area (Å²) in [7, 11) is 2.06. The SMILES string of the molecule is CN1CCNCC1c1noc(CC(NC(=O)c2ccccc2)c2ccccc2)n1. The third kappa shape index (κ3) is 4.70. The highest BCUT2D eigenvalue weighted by atomic mass is 16.5. The predicted molar refractivity (Wildman–Crippen MR) is 109 cm³/mol. The second kappa shape index (κ2) is 8.98. The summed E-state index contributed by atoms with van der Waals surface area (Å²) >= 11 is 0. The molecule has 1 amide bonds. The number of amides is 1. The molecule has 0 saturated carbocycles. The highest BCUT2D eigenvalue weighted by Crippen LogP contribution is 2.22. The lowest BCUT2D eigenvalue weighted by Crippen LogP contribution is -2.44. The van der Waals surface area contributed by atoms with Crippen molar-refractivity contribution in [2.75, 3.05) is 26.7 Å². The normalized spacial score (nSPS) is 18.3. The molecular weight excluding hydrogens is 366 g/mol. The van der Waals surface area contributed by atoms with Gasteiger partial charge in [-0.3, -0.25) is 9.69 Å². The number of hydrogen-bond donors (Lipinski definition) is 2. The molecule has 0 aliphatic carbocycles. The van der Waals surface area contributed by atoms with Gasteiger partial charge in [-0.15, -0.1) is 0 Å². The molecule has 2 N–H and O–H groups in total. The number of hydrogen-bond acceptors (Lipinski definition) is 6. The molecule has 3 aromatic rings. The van der Waals surface area contributed by atoms with Crippen LogP contribution in [0.25, 0.3) is 0 Å². The first kappa shape index (κ1) is 19.3. The summed E-state index contributed by atoms with van der Waals surface area (Å²) in [5.41, 5.74) is 1.61. The van der Waals surface area contributed by atoms with Crippen molar-refractivity contribution in [2.24, 2.45) is 0 Å². The van der Waals surface area contributed by atoms with Gasteiger partial charge in [-0.1, -0.05) is 53.7 Å². The highest BCUT2D eigenvalue weighted by molar-refractivity contribution is 5.94. The van der Waals surface area contributed by atoms with Crippen molar-refractivity contribution in [3.8, 4) is 0 Å². The number of carbonyl (C=O) groups excluding carboxylic acids is 1. The largest absolute Gasteiger partial charge is 0.345 e. The van der Waals surface area contributed by atoms with E-state index < -0.39 is 0 Å². The van der Waals surface area contributed by atoms with Crippen LogP contribution in [-0.4, -0.2) is 47.6 Å². The van der Waals surface area contributed by atoms with Gasteiger partial charge in [0.2, 0.25) is 5.89 Å². The fourth-order valence-electron chi connectivity index (χ4n) is 3.52. The summed E-state index contributed by atoms with van der Waals surface area (Å²) < 4.78 is 5.54. The molecule has 150 valence electrons. The molecule has 29 heavy (non-hydrogen) atoms. The van der Waals surface area contributed by atoms with E-state index in [1.165, 1.54) is 0 Å². The van der Waals surface area contributed by atoms with E-state index in [-0.39, 0.29) is 18.0 Å². The average Bonchev–Trinajstić information content (AvgIpc) is 3.23. The number of rotatable bonds is 6. The molecule has 7 heteroatoms. The molecule has 2 unspecified atom stereocenters. The minimum absolute atomic E-state index is 0.0929. The number of likely N-dealkylation sites (N-methyl/N-ethyl adjacent to an activating group) is 1. The van der Waals surface area contributed by atoms with Crippen LogP contribution in [0.1, 0.15) is 39.7 Å². The predicted octanol–water partition coefficient (Wildman–Crippen LogP) is 2.36. The van der Waals surface area contributed by atoms with Gasteiger partial charge < -0.3 is 15.2 Å². The Morgan fingerprint density at radius 2 is 1.93 bits per heavy atom. The number of nitrogens with one attached hydrogen (secondary N) is 2. The highest BCUT2D eigenvalue weighted by Gasteiger charge is 2.26. The van der Waals surface area contributed by atoms with Crippen LogP contribution in [0.5, 0.6) is 0 Å². The molecule has 1 aliphatic heterocycles. The maximum absolute atomic E-state index is 12.7. The van der Waals surface area contributed by atoms with E-state index in [9.17, 15) is 4.79 Å². The molecule has 1 aromatic heterocycles. The monoisotopic (exact) mass is 391 g/mol. The van der Waals surface area contributed by atoms with Gasteiger partial charge in [-0.05, 0) is 24.7 Å². The van der Waals surface area contributed by atoms with Crippen LogP contribution >= 0.6 is 0 Å². The number of aromatic nitrogens is 2. The van der Waals surface area contributed by atoms with E-state index in [0.717, 1.165) is 25.2 Å². The summed E-state index contributed by atoms with van der Waals surface area (Å²) in [6, 6.07) is 18.9. The van der Waals surface area contributed by atoms with Gasteiger partial charge in [0.25, 0.3) is 5.91 Å². The van der Waals surface area contributed by atoms with Crippen LogP contribution in [0.3, 0.4) is 0 Å². The summed E-state index contributed by atoms with van der Waals surface area (Å²) in [5, 5.41) is 10.7. The van der Waals surface area contributed by atoms with Crippen molar-refractivity contribution in [1.29, 1.82) is 0 Å². The van der Waals surface area contributed by atoms with Gasteiger partial charge in [-0.2, -0.15) is 4.98 Å². The van der Waals surface area contributed by atoms with Crippen LogP contribution in [0.2, 0.25) is 0 Å². The summed E-state index contributed by atoms with van der Waals surface area (Å²) in [5.74, 6) is 1.06. The average molecular weight is 391 g/mol. The quantitative estimate of drug-likeness (QED) is 0.671. The fourth-order valence-corrected chi connectivity index (χ4v) is 3.52. The maximum atomic E-state index is 12.7. The van der Waals surface area contributed by atoms with E-state index in [4.69, 9.17) is 4.52 Å². The fraction of sp³-hybridized carbons (Fsp3) is 0.318. The van der Waals surface area contributed by atoms with E-state index >= 15 is 0 Å². The van der Waals surface area contributed by atoms with Crippen molar-refractivity contribution in [2.45, 2.75) is 18.5 Å². The molecule has 2 heterocycles. The van der Waals surface area contributed by atoms with Crippen molar-refractivity contribution in [3.05, 3.63) is 83.5 Å². The number of nitrogens with zero attached hydrogens (tertiary/aromatic N) is 3. The molecule has 2 atom stereocenters. The third-order valence-corrected chi connectivity index (χ3v) is 5.21. The molecular formula is C22H25N5O2. The lowest BCUT2D eigenvalue weighted by molar-refractivity contribution is 0.0935. The minimum atomic E-state index is -0.264. The molecule has 4 rings (SSSR count). The minimum Gasteiger partial charge on any atom is -0.345 e. The first-order chi connectivity index (χ1) is 14.2. The van der Waals surface area contributed by atoms with Gasteiger partial charge in [0, 0.05) is 25.2 Å². The Morgan fingerprint density at radius 1 is 1.21 bits per heavy atom. The smallest absolute Gasteiger partial charge is 0.251 e. The molecule has 0 bridgehead atoms. The van der Waals surface area contributed by atoms with Crippen molar-refractivity contribution >= 4 is 5.91 Å². The van der Waals surface area contributed by atoms with Crippen LogP contribution in [-0.2, 0) is 6.42 Å². The Labute approximate surface area is 170 Å². The van der Waals surface area contributed by atoms with Crippen LogP contribution < -0.4 is 10.6 Å². The summed E-state index contributed by atoms with van der Waals surface area (Å²) in [6.07, 6.45) is 0.430. The van der Waals surface area contributed by atoms with Crippen LogP contribution in [0.15, 0.2) is 65.2 Å². The van der Waals surface area contributed by atoms with Gasteiger partial charge in [0.15, 0.2) is 5.82 Å². The van der Waals surface area contributed by atoms with Crippen molar-refractivity contribution in [1.82, 2.24) is 25.7 Å². The molecule has 7 nitrogen and oxygen atoms in total. The lowest BCUT2D eigenvalue weighted by Gasteiger charge is -2.30. The van der Waals surface area contributed by atoms with Crippen molar-refractivity contribution in [3.63, 3.8) is 0 Å². The Balaban J connectivity index is 1.52. The van der Waals surface area contributed by atoms with Crippen molar-refractivity contribution < 1.29 is 9.32 Å². The van der Waals surface area contributed by atoms with E-state index in [1.807, 2.05) is 48.5 Å². The zero-order chi connectivity index (χ0) is 20.1. The molecule has 1 fully saturated rings. The van der Waals surface area contributed by atoms with E-state index in [1.54, 1.807) is 12.1 Å². The van der Waals surface area contributed by atoms with Gasteiger partial charge in [0.1, 0.15) is 0 Å². The number of piperazine rings is 1. The number of carbonyl (C=O) groups is 1.